The van der Waals surface area contributed by atoms with E-state index in [2.05, 4.69) is 5.32 Å². The van der Waals surface area contributed by atoms with Crippen LogP contribution in [0.4, 0.5) is 10.1 Å². The summed E-state index contributed by atoms with van der Waals surface area (Å²) >= 11 is 0. The van der Waals surface area contributed by atoms with Crippen LogP contribution in [0.2, 0.25) is 0 Å². The van der Waals surface area contributed by atoms with Gasteiger partial charge in [0.2, 0.25) is 12.7 Å². The lowest BCUT2D eigenvalue weighted by Gasteiger charge is -2.20. The molecular formula is C19H21FN2O4. The average molecular weight is 360 g/mol. The highest BCUT2D eigenvalue weighted by Gasteiger charge is 2.15. The highest BCUT2D eigenvalue weighted by molar-refractivity contribution is 5.92. The molecule has 0 unspecified atom stereocenters. The first-order chi connectivity index (χ1) is 12.6. The molecule has 0 saturated carbocycles. The van der Waals surface area contributed by atoms with Crippen LogP contribution in [-0.2, 0) is 11.3 Å². The number of rotatable bonds is 7. The minimum absolute atomic E-state index is 0.153. The molecule has 0 aliphatic carbocycles. The third kappa shape index (κ3) is 4.23. The SMILES string of the molecule is CCN(CC(=O)Nc1ccc2c(c1)OCO2)Cc1ccc(OC)c(F)c1. The summed E-state index contributed by atoms with van der Waals surface area (Å²) in [6, 6.07) is 10.1. The van der Waals surface area contributed by atoms with Gasteiger partial charge in [-0.25, -0.2) is 4.39 Å². The van der Waals surface area contributed by atoms with Crippen molar-refractivity contribution in [3.8, 4) is 17.2 Å². The number of halogens is 1. The van der Waals surface area contributed by atoms with Crippen molar-refractivity contribution in [2.75, 3.05) is 32.3 Å². The number of fused-ring (bicyclic) bond motifs is 1. The van der Waals surface area contributed by atoms with E-state index in [4.69, 9.17) is 14.2 Å². The van der Waals surface area contributed by atoms with Gasteiger partial charge in [0.15, 0.2) is 23.1 Å². The smallest absolute Gasteiger partial charge is 0.238 e. The molecule has 0 atom stereocenters. The summed E-state index contributed by atoms with van der Waals surface area (Å²) in [6.45, 7) is 3.45. The van der Waals surface area contributed by atoms with Gasteiger partial charge in [0.25, 0.3) is 0 Å². The van der Waals surface area contributed by atoms with E-state index in [0.29, 0.717) is 30.3 Å². The van der Waals surface area contributed by atoms with Crippen LogP contribution in [0.25, 0.3) is 0 Å². The molecule has 0 bridgehead atoms. The summed E-state index contributed by atoms with van der Waals surface area (Å²) in [5.41, 5.74) is 1.42. The number of hydrogen-bond acceptors (Lipinski definition) is 5. The second-order valence-corrected chi connectivity index (χ2v) is 5.89. The van der Waals surface area contributed by atoms with Crippen molar-refractivity contribution < 1.29 is 23.4 Å². The standard InChI is InChI=1S/C19H21FN2O4/c1-3-22(10-13-4-6-16(24-2)15(20)8-13)11-19(23)21-14-5-7-17-18(9-14)26-12-25-17/h4-9H,3,10-12H2,1-2H3,(H,21,23). The van der Waals surface area contributed by atoms with Crippen LogP contribution >= 0.6 is 0 Å². The lowest BCUT2D eigenvalue weighted by molar-refractivity contribution is -0.117. The number of likely N-dealkylation sites (N-methyl/N-ethyl adjacent to an activating group) is 1. The van der Waals surface area contributed by atoms with E-state index in [1.54, 1.807) is 30.3 Å². The summed E-state index contributed by atoms with van der Waals surface area (Å²) in [7, 11) is 1.43. The molecule has 0 fully saturated rings. The third-order valence-electron chi connectivity index (χ3n) is 4.09. The fourth-order valence-corrected chi connectivity index (χ4v) is 2.72. The first-order valence-corrected chi connectivity index (χ1v) is 8.33. The van der Waals surface area contributed by atoms with Gasteiger partial charge in [-0.2, -0.15) is 0 Å². The number of nitrogens with one attached hydrogen (secondary N) is 1. The van der Waals surface area contributed by atoms with Gasteiger partial charge >= 0.3 is 0 Å². The van der Waals surface area contributed by atoms with Gasteiger partial charge < -0.3 is 19.5 Å². The second-order valence-electron chi connectivity index (χ2n) is 5.89. The van der Waals surface area contributed by atoms with E-state index < -0.39 is 5.82 Å². The Balaban J connectivity index is 1.59. The predicted octanol–water partition coefficient (Wildman–Crippen LogP) is 3.02. The number of carbonyl (C=O) groups excluding carboxylic acids is 1. The summed E-state index contributed by atoms with van der Waals surface area (Å²) in [6.07, 6.45) is 0. The maximum atomic E-state index is 13.8. The fraction of sp³-hybridized carbons (Fsp3) is 0.316. The lowest BCUT2D eigenvalue weighted by atomic mass is 10.2. The van der Waals surface area contributed by atoms with Crippen LogP contribution in [0.5, 0.6) is 17.2 Å². The molecule has 0 saturated heterocycles. The molecule has 1 amide bonds. The number of amides is 1. The van der Waals surface area contributed by atoms with Crippen LogP contribution in [0.3, 0.4) is 0 Å². The van der Waals surface area contributed by atoms with E-state index in [9.17, 15) is 9.18 Å². The van der Waals surface area contributed by atoms with Crippen molar-refractivity contribution in [1.29, 1.82) is 0 Å². The molecule has 0 aromatic heterocycles. The molecule has 1 N–H and O–H groups in total. The molecule has 7 heteroatoms. The molecule has 1 heterocycles. The summed E-state index contributed by atoms with van der Waals surface area (Å²) in [4.78, 5) is 14.2. The number of carbonyl (C=O) groups is 1. The first-order valence-electron chi connectivity index (χ1n) is 8.33. The molecule has 26 heavy (non-hydrogen) atoms. The van der Waals surface area contributed by atoms with E-state index in [1.807, 2.05) is 11.8 Å². The Morgan fingerprint density at radius 1 is 1.23 bits per heavy atom. The maximum Gasteiger partial charge on any atom is 0.238 e. The number of anilines is 1. The minimum atomic E-state index is -0.411. The Hall–Kier alpha value is -2.80. The number of hydrogen-bond donors (Lipinski definition) is 1. The van der Waals surface area contributed by atoms with Gasteiger partial charge in [0.1, 0.15) is 0 Å². The van der Waals surface area contributed by atoms with Crippen molar-refractivity contribution >= 4 is 11.6 Å². The molecule has 0 spiro atoms. The number of benzene rings is 2. The Kier molecular flexibility index (Phi) is 5.58. The van der Waals surface area contributed by atoms with Gasteiger partial charge in [-0.3, -0.25) is 9.69 Å². The molecular weight excluding hydrogens is 339 g/mol. The Labute approximate surface area is 151 Å². The number of ether oxygens (including phenoxy) is 3. The maximum absolute atomic E-state index is 13.8. The largest absolute Gasteiger partial charge is 0.494 e. The van der Waals surface area contributed by atoms with Crippen molar-refractivity contribution in [3.63, 3.8) is 0 Å². The van der Waals surface area contributed by atoms with Crippen LogP contribution in [0.15, 0.2) is 36.4 Å². The first kappa shape index (κ1) is 18.0. The fourth-order valence-electron chi connectivity index (χ4n) is 2.72. The number of nitrogens with zero attached hydrogens (tertiary/aromatic N) is 1. The molecule has 1 aliphatic rings. The van der Waals surface area contributed by atoms with Gasteiger partial charge in [-0.05, 0) is 36.4 Å². The molecule has 0 radical (unpaired) electrons. The number of methoxy groups -OCH3 is 1. The lowest BCUT2D eigenvalue weighted by Crippen LogP contribution is -2.32. The van der Waals surface area contributed by atoms with Crippen LogP contribution < -0.4 is 19.5 Å². The summed E-state index contributed by atoms with van der Waals surface area (Å²) < 4.78 is 29.3. The topological polar surface area (TPSA) is 60.0 Å². The normalized spacial score (nSPS) is 12.3. The molecule has 6 nitrogen and oxygen atoms in total. The van der Waals surface area contributed by atoms with Crippen LogP contribution in [0, 0.1) is 5.82 Å². The second kappa shape index (κ2) is 8.05. The Morgan fingerprint density at radius 2 is 2.04 bits per heavy atom. The predicted molar refractivity (Wildman–Crippen MR) is 95.1 cm³/mol. The van der Waals surface area contributed by atoms with Crippen molar-refractivity contribution in [1.82, 2.24) is 4.90 Å². The highest BCUT2D eigenvalue weighted by atomic mass is 19.1. The van der Waals surface area contributed by atoms with E-state index >= 15 is 0 Å². The molecule has 2 aromatic carbocycles. The molecule has 2 aromatic rings. The van der Waals surface area contributed by atoms with E-state index in [-0.39, 0.29) is 25.0 Å². The third-order valence-corrected chi connectivity index (χ3v) is 4.09. The minimum Gasteiger partial charge on any atom is -0.494 e. The van der Waals surface area contributed by atoms with Crippen molar-refractivity contribution in [3.05, 3.63) is 47.8 Å². The van der Waals surface area contributed by atoms with Gasteiger partial charge in [-0.15, -0.1) is 0 Å². The average Bonchev–Trinajstić information content (AvgIpc) is 3.09. The zero-order chi connectivity index (χ0) is 18.5. The summed E-state index contributed by atoms with van der Waals surface area (Å²) in [5, 5.41) is 2.84. The van der Waals surface area contributed by atoms with Gasteiger partial charge in [0.05, 0.1) is 13.7 Å². The van der Waals surface area contributed by atoms with E-state index in [1.165, 1.54) is 13.2 Å². The van der Waals surface area contributed by atoms with Crippen LogP contribution in [0.1, 0.15) is 12.5 Å². The van der Waals surface area contributed by atoms with Gasteiger partial charge in [0, 0.05) is 18.3 Å². The molecule has 1 aliphatic heterocycles. The molecule has 3 rings (SSSR count). The Bertz CT molecular complexity index is 797. The summed E-state index contributed by atoms with van der Waals surface area (Å²) in [5.74, 6) is 0.923. The van der Waals surface area contributed by atoms with Crippen molar-refractivity contribution in [2.24, 2.45) is 0 Å². The monoisotopic (exact) mass is 360 g/mol. The van der Waals surface area contributed by atoms with Crippen LogP contribution in [-0.4, -0.2) is 37.8 Å². The quantitative estimate of drug-likeness (QED) is 0.822. The zero-order valence-corrected chi connectivity index (χ0v) is 14.8. The van der Waals surface area contributed by atoms with Gasteiger partial charge in [-0.1, -0.05) is 13.0 Å². The Morgan fingerprint density at radius 3 is 2.77 bits per heavy atom. The molecule has 138 valence electrons. The van der Waals surface area contributed by atoms with E-state index in [0.717, 1.165) is 5.56 Å². The highest BCUT2D eigenvalue weighted by Crippen LogP contribution is 2.34. The van der Waals surface area contributed by atoms with Crippen molar-refractivity contribution in [2.45, 2.75) is 13.5 Å². The zero-order valence-electron chi connectivity index (χ0n) is 14.8.